The Morgan fingerprint density at radius 1 is 0.728 bits per heavy atom. The molecule has 0 unspecified atom stereocenters. The van der Waals surface area contributed by atoms with E-state index in [1.807, 2.05) is 58.0 Å². The van der Waals surface area contributed by atoms with Crippen LogP contribution in [-0.2, 0) is 75.2 Å². The number of nitrogens with zero attached hydrogens (tertiary/aromatic N) is 4. The number of hydrogen-bond donors (Lipinski definition) is 9. The Balaban J connectivity index is 1.40. The Bertz CT molecular complexity index is 2850. The molecule has 0 aliphatic carbocycles. The molecule has 1 fully saturated rings. The van der Waals surface area contributed by atoms with E-state index < -0.39 is 139 Å². The van der Waals surface area contributed by atoms with Crippen LogP contribution in [0, 0.1) is 23.7 Å². The van der Waals surface area contributed by atoms with Crippen molar-refractivity contribution in [1.29, 1.82) is 0 Å². The van der Waals surface area contributed by atoms with E-state index in [-0.39, 0.29) is 79.2 Å². The van der Waals surface area contributed by atoms with Crippen LogP contribution in [-0.4, -0.2) is 222 Å². The lowest BCUT2D eigenvalue weighted by Gasteiger charge is -2.41. The number of imide groups is 1. The Morgan fingerprint density at radius 3 is 1.92 bits per heavy atom. The number of ether oxygens (including phenoxy) is 2. The maximum Gasteiger partial charge on any atom is 0.303 e. The summed E-state index contributed by atoms with van der Waals surface area (Å²) in [6.45, 7) is 13.8. The summed E-state index contributed by atoms with van der Waals surface area (Å²) in [5, 5.41) is 46.8. The SMILES string of the molecule is CC[C@H](C)[C@@H]([C@@H](CC(=O)N1CCC[C@H]1[C@H](OC)[C@@H](C)C(=O)N[C@H](CO)Cc1ccccc1)OC)N(C)C(=O)[C@@H](NC(=O)[C@H](CO)[N+](C)(C)Cc1ccc(NC(=O)[C@H](CCC(=O)O)NC(=O)[C@H](C)NC(=O)[C@@H](CC(C)C)NC(=O)CCN2C(=O)C=CC2=O)cc1)C(C)C. The molecule has 12 atom stereocenters. The number of likely N-dealkylation sites (N-methyl/N-ethyl adjacent to an activating group) is 2. The van der Waals surface area contributed by atoms with Crippen molar-refractivity contribution >= 4 is 70.7 Å². The number of aliphatic hydroxyl groups excluding tert-OH is 2. The van der Waals surface area contributed by atoms with Crippen molar-refractivity contribution in [3.63, 3.8) is 0 Å². The quantitative estimate of drug-likeness (QED) is 0.0343. The second kappa shape index (κ2) is 36.6. The first kappa shape index (κ1) is 76.8. The van der Waals surface area contributed by atoms with E-state index >= 15 is 0 Å². The molecule has 9 N–H and O–H groups in total. The molecule has 10 amide bonds. The second-order valence-electron chi connectivity index (χ2n) is 25.6. The number of nitrogens with one attached hydrogen (secondary N) is 6. The highest BCUT2D eigenvalue weighted by Crippen LogP contribution is 2.30. The Hall–Kier alpha value is -7.65. The average Bonchev–Trinajstić information content (AvgIpc) is 1.24. The Labute approximate surface area is 540 Å². The van der Waals surface area contributed by atoms with Gasteiger partial charge in [-0.05, 0) is 74.5 Å². The third-order valence-corrected chi connectivity index (χ3v) is 17.4. The summed E-state index contributed by atoms with van der Waals surface area (Å²) >= 11 is 0. The minimum absolute atomic E-state index is 0.0852. The number of quaternary nitrogens is 1. The molecule has 0 bridgehead atoms. The topological polar surface area (TPSA) is 349 Å². The number of carbonyl (C=O) groups excluding carboxylic acids is 10. The molecule has 0 aromatic heterocycles. The van der Waals surface area contributed by atoms with Crippen LogP contribution in [0.15, 0.2) is 66.7 Å². The molecular formula is C66H101N10O16+. The number of methoxy groups -OCH3 is 2. The molecule has 2 aliphatic rings. The summed E-state index contributed by atoms with van der Waals surface area (Å²) < 4.78 is 12.0. The number of carboxylic acids is 1. The van der Waals surface area contributed by atoms with Crippen LogP contribution in [0.25, 0.3) is 0 Å². The molecule has 0 saturated carbocycles. The van der Waals surface area contributed by atoms with Gasteiger partial charge in [0.05, 0.1) is 63.4 Å². The van der Waals surface area contributed by atoms with E-state index in [9.17, 15) is 68.1 Å². The lowest BCUT2D eigenvalue weighted by Crippen LogP contribution is -2.62. The zero-order valence-electron chi connectivity index (χ0n) is 55.8. The minimum atomic E-state index is -1.37. The van der Waals surface area contributed by atoms with E-state index in [0.717, 1.165) is 22.6 Å². The van der Waals surface area contributed by atoms with Gasteiger partial charge in [0.15, 0.2) is 6.04 Å². The number of aliphatic carboxylic acids is 1. The normalized spacial score (nSPS) is 17.7. The number of anilines is 1. The maximum absolute atomic E-state index is 14.8. The van der Waals surface area contributed by atoms with Crippen LogP contribution in [0.1, 0.15) is 118 Å². The number of rotatable bonds is 38. The first-order valence-corrected chi connectivity index (χ1v) is 31.8. The number of amides is 10. The van der Waals surface area contributed by atoms with Crippen molar-refractivity contribution in [3.05, 3.63) is 77.9 Å². The van der Waals surface area contributed by atoms with Gasteiger partial charge in [0.25, 0.3) is 17.7 Å². The molecule has 1 saturated heterocycles. The molecular weight excluding hydrogens is 1190 g/mol. The highest BCUT2D eigenvalue weighted by molar-refractivity contribution is 6.13. The third kappa shape index (κ3) is 22.3. The Morgan fingerprint density at radius 2 is 1.37 bits per heavy atom. The standard InChI is InChI=1S/C66H100N10O16/c1-14-41(6)59(52(91-12)35-56(82)74-31-18-21-50(74)60(92-13)42(7)61(85)69-47(37-77)34-44-19-16-15-17-20-44)73(9)66(90)58(40(4)5)72-65(89)51(38-78)76(10,11)36-45-22-24-46(25-23-45)68-63(87)48(26-29-57(83)84)71-62(86)43(8)67-64(88)49(33-39(2)3)70-53(79)30-32-75-54(80)27-28-55(75)81/h15-17,19-20,22-25,27-28,39-43,47-52,58-60,77-78H,14,18,21,26,29-38H2,1-13H3,(H6-,67,68,69,70,71,72,79,83,84,85,86,87,88,89)/p+1/t41-,42+,43-,47-,48-,49+,50-,51-,52+,58-,59-,60+/m0/s1. The number of hydrogen-bond acceptors (Lipinski definition) is 15. The van der Waals surface area contributed by atoms with Crippen molar-refractivity contribution < 1.29 is 82.0 Å². The predicted molar refractivity (Wildman–Crippen MR) is 342 cm³/mol. The summed E-state index contributed by atoms with van der Waals surface area (Å²) in [6, 6.07) is 8.56. The van der Waals surface area contributed by atoms with E-state index in [0.29, 0.717) is 37.8 Å². The molecule has 0 radical (unpaired) electrons. The highest BCUT2D eigenvalue weighted by Gasteiger charge is 2.44. The predicted octanol–water partition coefficient (Wildman–Crippen LogP) is 2.04. The van der Waals surface area contributed by atoms with Crippen LogP contribution < -0.4 is 31.9 Å². The molecule has 4 rings (SSSR count). The van der Waals surface area contributed by atoms with E-state index in [1.54, 1.807) is 76.0 Å². The van der Waals surface area contributed by atoms with Crippen LogP contribution in [0.2, 0.25) is 0 Å². The van der Waals surface area contributed by atoms with Crippen molar-refractivity contribution in [2.24, 2.45) is 23.7 Å². The maximum atomic E-state index is 14.8. The largest absolute Gasteiger partial charge is 0.481 e. The number of aliphatic hydroxyl groups is 2. The van der Waals surface area contributed by atoms with Crippen LogP contribution >= 0.6 is 0 Å². The fourth-order valence-electron chi connectivity index (χ4n) is 11.9. The van der Waals surface area contributed by atoms with Gasteiger partial charge in [-0.1, -0.05) is 97.4 Å². The average molecular weight is 1290 g/mol. The van der Waals surface area contributed by atoms with E-state index in [2.05, 4.69) is 31.9 Å². The van der Waals surface area contributed by atoms with Gasteiger partial charge in [-0.2, -0.15) is 0 Å². The molecule has 26 nitrogen and oxygen atoms in total. The van der Waals surface area contributed by atoms with Crippen LogP contribution in [0.5, 0.6) is 0 Å². The van der Waals surface area contributed by atoms with Crippen LogP contribution in [0.3, 0.4) is 0 Å². The number of carboxylic acid groups (broad SMARTS) is 1. The minimum Gasteiger partial charge on any atom is -0.481 e. The zero-order chi connectivity index (χ0) is 68.7. The van der Waals surface area contributed by atoms with Gasteiger partial charge in [-0.15, -0.1) is 0 Å². The highest BCUT2D eigenvalue weighted by atomic mass is 16.5. The van der Waals surface area contributed by atoms with E-state index in [4.69, 9.17) is 9.47 Å². The lowest BCUT2D eigenvalue weighted by molar-refractivity contribution is -0.919. The van der Waals surface area contributed by atoms with Crippen molar-refractivity contribution in [2.75, 3.05) is 67.0 Å². The second-order valence-corrected chi connectivity index (χ2v) is 25.6. The number of carbonyl (C=O) groups is 11. The zero-order valence-corrected chi connectivity index (χ0v) is 55.8. The van der Waals surface area contributed by atoms with Crippen molar-refractivity contribution in [3.8, 4) is 0 Å². The fraction of sp³-hybridized carbons (Fsp3) is 0.621. The van der Waals surface area contributed by atoms with E-state index in [1.165, 1.54) is 21.1 Å². The monoisotopic (exact) mass is 1290 g/mol. The molecule has 2 heterocycles. The molecule has 2 aromatic carbocycles. The number of benzene rings is 2. The van der Waals surface area contributed by atoms with Gasteiger partial charge in [0.2, 0.25) is 41.4 Å². The molecule has 2 aromatic rings. The van der Waals surface area contributed by atoms with Gasteiger partial charge in [-0.3, -0.25) is 57.6 Å². The molecule has 26 heteroatoms. The summed E-state index contributed by atoms with van der Waals surface area (Å²) in [7, 11) is 8.12. The lowest BCUT2D eigenvalue weighted by atomic mass is 9.89. The molecule has 0 spiro atoms. The summed E-state index contributed by atoms with van der Waals surface area (Å²) in [6.07, 6.45) is 2.04. The summed E-state index contributed by atoms with van der Waals surface area (Å²) in [5.74, 6) is -8.20. The van der Waals surface area contributed by atoms with Gasteiger partial charge >= 0.3 is 5.97 Å². The molecule has 510 valence electrons. The fourth-order valence-corrected chi connectivity index (χ4v) is 11.9. The number of likely N-dealkylation sites (tertiary alicyclic amines) is 1. The Kier molecular flexibility index (Phi) is 30.5. The first-order valence-electron chi connectivity index (χ1n) is 31.8. The van der Waals surface area contributed by atoms with Gasteiger partial charge in [0, 0.05) is 70.6 Å². The summed E-state index contributed by atoms with van der Waals surface area (Å²) in [5.41, 5.74) is 1.91. The molecule has 92 heavy (non-hydrogen) atoms. The van der Waals surface area contributed by atoms with Gasteiger partial charge in [-0.25, -0.2) is 0 Å². The smallest absolute Gasteiger partial charge is 0.303 e. The van der Waals surface area contributed by atoms with Crippen LogP contribution in [0.4, 0.5) is 5.69 Å². The van der Waals surface area contributed by atoms with Crippen molar-refractivity contribution in [2.45, 2.75) is 180 Å². The van der Waals surface area contributed by atoms with Gasteiger partial charge in [0.1, 0.15) is 37.3 Å². The summed E-state index contributed by atoms with van der Waals surface area (Å²) in [4.78, 5) is 151. The van der Waals surface area contributed by atoms with Crippen molar-refractivity contribution in [1.82, 2.24) is 41.3 Å². The molecule has 2 aliphatic heterocycles. The third-order valence-electron chi connectivity index (χ3n) is 17.4. The van der Waals surface area contributed by atoms with Gasteiger partial charge < -0.3 is 71.0 Å². The first-order chi connectivity index (χ1) is 43.4.